The molecule has 0 radical (unpaired) electrons. The Balaban J connectivity index is 1.79. The van der Waals surface area contributed by atoms with Crippen LogP contribution in [0.2, 0.25) is 0 Å². The molecular weight excluding hydrogens is 290 g/mol. The lowest BCUT2D eigenvalue weighted by molar-refractivity contribution is 0.187. The number of oxazole rings is 1. The van der Waals surface area contributed by atoms with Crippen LogP contribution in [0.15, 0.2) is 46.9 Å². The maximum Gasteiger partial charge on any atom is 0.227 e. The highest BCUT2D eigenvalue weighted by Crippen LogP contribution is 2.27. The monoisotopic (exact) mass is 307 g/mol. The Morgan fingerprint density at radius 1 is 1.09 bits per heavy atom. The van der Waals surface area contributed by atoms with Crippen molar-refractivity contribution in [2.45, 2.75) is 13.5 Å². The summed E-state index contributed by atoms with van der Waals surface area (Å²) in [7, 11) is 1.71. The number of para-hydroxylation sites is 2. The van der Waals surface area contributed by atoms with E-state index in [1.165, 1.54) is 0 Å². The van der Waals surface area contributed by atoms with E-state index in [0.29, 0.717) is 12.5 Å². The van der Waals surface area contributed by atoms with Crippen molar-refractivity contribution in [3.8, 4) is 11.5 Å². The minimum Gasteiger partial charge on any atom is -0.436 e. The molecule has 0 aliphatic rings. The smallest absolute Gasteiger partial charge is 0.227 e. The van der Waals surface area contributed by atoms with E-state index in [4.69, 9.17) is 9.15 Å². The quantitative estimate of drug-likeness (QED) is 0.575. The van der Waals surface area contributed by atoms with Gasteiger partial charge in [-0.3, -0.25) is 0 Å². The number of methoxy groups -OCH3 is 1. The maximum absolute atomic E-state index is 5.84. The van der Waals surface area contributed by atoms with E-state index in [2.05, 4.69) is 20.6 Å². The Labute approximate surface area is 133 Å². The summed E-state index contributed by atoms with van der Waals surface area (Å²) in [5.41, 5.74) is 4.64. The predicted octanol–water partition coefficient (Wildman–Crippen LogP) is 3.80. The van der Waals surface area contributed by atoms with E-state index in [9.17, 15) is 0 Å². The second-order valence-corrected chi connectivity index (χ2v) is 5.49. The SMILES string of the molecule is COCCn1c(C)nc2cc(-c3nc4ccccc4o3)ccc21. The molecule has 0 atom stereocenters. The van der Waals surface area contributed by atoms with E-state index in [1.54, 1.807) is 7.11 Å². The third-order valence-electron chi connectivity index (χ3n) is 4.00. The van der Waals surface area contributed by atoms with Crippen molar-refractivity contribution in [1.29, 1.82) is 0 Å². The van der Waals surface area contributed by atoms with Crippen molar-refractivity contribution in [3.63, 3.8) is 0 Å². The molecular formula is C18H17N3O2. The van der Waals surface area contributed by atoms with Crippen LogP contribution in [0.3, 0.4) is 0 Å². The number of imidazole rings is 1. The second kappa shape index (κ2) is 5.52. The first-order valence-electron chi connectivity index (χ1n) is 7.58. The van der Waals surface area contributed by atoms with E-state index in [1.807, 2.05) is 43.3 Å². The Morgan fingerprint density at radius 2 is 1.96 bits per heavy atom. The van der Waals surface area contributed by atoms with Gasteiger partial charge in [-0.15, -0.1) is 0 Å². The molecule has 0 saturated heterocycles. The minimum absolute atomic E-state index is 0.622. The first-order valence-corrected chi connectivity index (χ1v) is 7.58. The van der Waals surface area contributed by atoms with Gasteiger partial charge >= 0.3 is 0 Å². The lowest BCUT2D eigenvalue weighted by atomic mass is 10.2. The van der Waals surface area contributed by atoms with Crippen molar-refractivity contribution in [2.75, 3.05) is 13.7 Å². The highest BCUT2D eigenvalue weighted by atomic mass is 16.5. The highest BCUT2D eigenvalue weighted by molar-refractivity contribution is 5.83. The summed E-state index contributed by atoms with van der Waals surface area (Å²) in [4.78, 5) is 9.19. The lowest BCUT2D eigenvalue weighted by Crippen LogP contribution is -2.05. The Kier molecular flexibility index (Phi) is 3.35. The van der Waals surface area contributed by atoms with E-state index in [0.717, 1.165) is 40.1 Å². The zero-order valence-electron chi connectivity index (χ0n) is 13.1. The van der Waals surface area contributed by atoms with Gasteiger partial charge in [0.15, 0.2) is 5.58 Å². The maximum atomic E-state index is 5.84. The van der Waals surface area contributed by atoms with Crippen LogP contribution >= 0.6 is 0 Å². The number of benzene rings is 2. The molecule has 4 aromatic rings. The number of rotatable bonds is 4. The van der Waals surface area contributed by atoms with Gasteiger partial charge in [-0.2, -0.15) is 0 Å². The number of hydrogen-bond donors (Lipinski definition) is 0. The fourth-order valence-corrected chi connectivity index (χ4v) is 2.84. The molecule has 2 aromatic carbocycles. The molecule has 0 aliphatic heterocycles. The number of aryl methyl sites for hydroxylation is 1. The number of aromatic nitrogens is 3. The Hall–Kier alpha value is -2.66. The van der Waals surface area contributed by atoms with Crippen molar-refractivity contribution < 1.29 is 9.15 Å². The lowest BCUT2D eigenvalue weighted by Gasteiger charge is -2.05. The molecule has 0 spiro atoms. The summed E-state index contributed by atoms with van der Waals surface area (Å²) < 4.78 is 13.2. The van der Waals surface area contributed by atoms with Crippen molar-refractivity contribution in [3.05, 3.63) is 48.3 Å². The standard InChI is InChI=1S/C18H17N3O2/c1-12-19-15-11-13(7-8-16(15)21(12)9-10-22-2)18-20-14-5-3-4-6-17(14)23-18/h3-8,11H,9-10H2,1-2H3. The van der Waals surface area contributed by atoms with Crippen LogP contribution in [0.4, 0.5) is 0 Å². The van der Waals surface area contributed by atoms with E-state index in [-0.39, 0.29) is 0 Å². The molecule has 0 saturated carbocycles. The van der Waals surface area contributed by atoms with Gasteiger partial charge in [0, 0.05) is 19.2 Å². The van der Waals surface area contributed by atoms with Crippen LogP contribution in [-0.4, -0.2) is 28.3 Å². The number of fused-ring (bicyclic) bond motifs is 2. The topological polar surface area (TPSA) is 53.1 Å². The molecule has 23 heavy (non-hydrogen) atoms. The molecule has 0 N–H and O–H groups in total. The van der Waals surface area contributed by atoms with Gasteiger partial charge in [-0.1, -0.05) is 12.1 Å². The largest absolute Gasteiger partial charge is 0.436 e. The summed E-state index contributed by atoms with van der Waals surface area (Å²) in [6.07, 6.45) is 0. The number of ether oxygens (including phenoxy) is 1. The number of hydrogen-bond acceptors (Lipinski definition) is 4. The van der Waals surface area contributed by atoms with Crippen LogP contribution in [0.5, 0.6) is 0 Å². The summed E-state index contributed by atoms with van der Waals surface area (Å²) >= 11 is 0. The van der Waals surface area contributed by atoms with Gasteiger partial charge in [-0.05, 0) is 37.3 Å². The van der Waals surface area contributed by atoms with Crippen molar-refractivity contribution in [2.24, 2.45) is 0 Å². The number of nitrogens with zero attached hydrogens (tertiary/aromatic N) is 3. The molecule has 2 aromatic heterocycles. The Morgan fingerprint density at radius 3 is 2.78 bits per heavy atom. The summed E-state index contributed by atoms with van der Waals surface area (Å²) in [5, 5.41) is 0. The van der Waals surface area contributed by atoms with Crippen LogP contribution in [0.1, 0.15) is 5.82 Å². The van der Waals surface area contributed by atoms with Gasteiger partial charge in [0.05, 0.1) is 17.6 Å². The Bertz CT molecular complexity index is 951. The zero-order valence-corrected chi connectivity index (χ0v) is 13.1. The molecule has 0 unspecified atom stereocenters. The zero-order chi connectivity index (χ0) is 15.8. The van der Waals surface area contributed by atoms with Gasteiger partial charge in [0.25, 0.3) is 0 Å². The van der Waals surface area contributed by atoms with Gasteiger partial charge in [0.2, 0.25) is 5.89 Å². The average molecular weight is 307 g/mol. The summed E-state index contributed by atoms with van der Waals surface area (Å²) in [6.45, 7) is 3.47. The molecule has 0 aliphatic carbocycles. The molecule has 116 valence electrons. The van der Waals surface area contributed by atoms with Crippen LogP contribution in [0.25, 0.3) is 33.6 Å². The third kappa shape index (κ3) is 2.39. The first kappa shape index (κ1) is 14.0. The van der Waals surface area contributed by atoms with E-state index >= 15 is 0 Å². The molecule has 0 bridgehead atoms. The van der Waals surface area contributed by atoms with Crippen LogP contribution < -0.4 is 0 Å². The molecule has 0 amide bonds. The van der Waals surface area contributed by atoms with Crippen molar-refractivity contribution >= 4 is 22.1 Å². The third-order valence-corrected chi connectivity index (χ3v) is 4.00. The fraction of sp³-hybridized carbons (Fsp3) is 0.222. The molecule has 4 rings (SSSR count). The molecule has 2 heterocycles. The van der Waals surface area contributed by atoms with Gasteiger partial charge < -0.3 is 13.7 Å². The second-order valence-electron chi connectivity index (χ2n) is 5.49. The summed E-state index contributed by atoms with van der Waals surface area (Å²) in [5.74, 6) is 1.60. The predicted molar refractivity (Wildman–Crippen MR) is 89.3 cm³/mol. The van der Waals surface area contributed by atoms with Crippen LogP contribution in [-0.2, 0) is 11.3 Å². The van der Waals surface area contributed by atoms with Crippen molar-refractivity contribution in [1.82, 2.24) is 14.5 Å². The van der Waals surface area contributed by atoms with Gasteiger partial charge in [-0.25, -0.2) is 9.97 Å². The molecule has 5 nitrogen and oxygen atoms in total. The summed E-state index contributed by atoms with van der Waals surface area (Å²) in [6, 6.07) is 13.9. The molecule has 5 heteroatoms. The molecule has 0 fully saturated rings. The van der Waals surface area contributed by atoms with Gasteiger partial charge in [0.1, 0.15) is 11.3 Å². The minimum atomic E-state index is 0.622. The van der Waals surface area contributed by atoms with E-state index < -0.39 is 0 Å². The fourth-order valence-electron chi connectivity index (χ4n) is 2.84. The average Bonchev–Trinajstić information content (AvgIpc) is 3.12. The normalized spacial score (nSPS) is 11.6. The van der Waals surface area contributed by atoms with Crippen LogP contribution in [0, 0.1) is 6.92 Å². The first-order chi connectivity index (χ1) is 11.3. The highest BCUT2D eigenvalue weighted by Gasteiger charge is 2.12.